The molecule has 0 heterocycles. The highest BCUT2D eigenvalue weighted by Crippen LogP contribution is 2.36. The average molecular weight is 299 g/mol. The molecule has 0 atom stereocenters. The molecule has 0 unspecified atom stereocenters. The van der Waals surface area contributed by atoms with Crippen molar-refractivity contribution in [1.82, 2.24) is 0 Å². The van der Waals surface area contributed by atoms with Gasteiger partial charge in [0, 0.05) is 6.10 Å². The first-order chi connectivity index (χ1) is 9.33. The van der Waals surface area contributed by atoms with Crippen LogP contribution in [-0.4, -0.2) is 14.4 Å². The van der Waals surface area contributed by atoms with E-state index in [0.29, 0.717) is 6.10 Å². The molecule has 1 fully saturated rings. The third kappa shape index (κ3) is 6.75. The van der Waals surface area contributed by atoms with Gasteiger partial charge in [-0.15, -0.1) is 0 Å². The number of hydrogen-bond donors (Lipinski definition) is 0. The zero-order valence-electron chi connectivity index (χ0n) is 14.9. The van der Waals surface area contributed by atoms with Crippen LogP contribution in [0.2, 0.25) is 18.1 Å². The van der Waals surface area contributed by atoms with Gasteiger partial charge in [-0.1, -0.05) is 60.8 Å². The van der Waals surface area contributed by atoms with Crippen LogP contribution in [0.4, 0.5) is 0 Å². The zero-order valence-corrected chi connectivity index (χ0v) is 15.9. The van der Waals surface area contributed by atoms with Crippen LogP contribution in [0.3, 0.4) is 0 Å². The van der Waals surface area contributed by atoms with Crippen LogP contribution in [0.15, 0.2) is 0 Å². The van der Waals surface area contributed by atoms with Gasteiger partial charge in [-0.05, 0) is 48.7 Å². The predicted octanol–water partition coefficient (Wildman–Crippen LogP) is 6.25. The lowest BCUT2D eigenvalue weighted by atomic mass is 9.98. The van der Waals surface area contributed by atoms with E-state index in [1.807, 2.05) is 0 Å². The van der Waals surface area contributed by atoms with Crippen molar-refractivity contribution in [1.29, 1.82) is 0 Å². The van der Waals surface area contributed by atoms with Crippen LogP contribution in [0.5, 0.6) is 0 Å². The summed E-state index contributed by atoms with van der Waals surface area (Å²) >= 11 is 0. The minimum atomic E-state index is -1.57. The smallest absolute Gasteiger partial charge is 0.193 e. The van der Waals surface area contributed by atoms with Crippen LogP contribution < -0.4 is 0 Å². The highest BCUT2D eigenvalue weighted by atomic mass is 28.4. The minimum absolute atomic E-state index is 0.590. The lowest BCUT2D eigenvalue weighted by molar-refractivity contribution is 0.136. The average Bonchev–Trinajstić information content (AvgIpc) is 2.26. The minimum Gasteiger partial charge on any atom is -0.414 e. The van der Waals surface area contributed by atoms with Crippen LogP contribution >= 0.6 is 0 Å². The molecule has 0 aromatic rings. The molecule has 1 saturated carbocycles. The van der Waals surface area contributed by atoms with Gasteiger partial charge in [-0.25, -0.2) is 0 Å². The lowest BCUT2D eigenvalue weighted by Crippen LogP contribution is -2.45. The maximum absolute atomic E-state index is 6.95. The van der Waals surface area contributed by atoms with Gasteiger partial charge in [0.05, 0.1) is 0 Å². The summed E-state index contributed by atoms with van der Waals surface area (Å²) in [4.78, 5) is 0. The van der Waals surface area contributed by atoms with Crippen molar-refractivity contribution in [3.8, 4) is 0 Å². The van der Waals surface area contributed by atoms with Crippen molar-refractivity contribution in [3.63, 3.8) is 0 Å². The summed E-state index contributed by atoms with van der Waals surface area (Å²) in [7, 11) is -1.57. The molecule has 1 nitrogen and oxygen atoms in total. The molecule has 0 aliphatic heterocycles. The second-order valence-corrected chi connectivity index (χ2v) is 12.2. The fourth-order valence-corrected chi connectivity index (χ4v) is 10.4. The first-order valence-electron chi connectivity index (χ1n) is 9.01. The molecule has 0 radical (unpaired) electrons. The summed E-state index contributed by atoms with van der Waals surface area (Å²) in [5, 5.41) is 0. The fraction of sp³-hybridized carbons (Fsp3) is 1.00. The van der Waals surface area contributed by atoms with Crippen molar-refractivity contribution < 1.29 is 4.43 Å². The Morgan fingerprint density at radius 2 is 1.15 bits per heavy atom. The van der Waals surface area contributed by atoms with Gasteiger partial charge < -0.3 is 4.43 Å². The summed E-state index contributed by atoms with van der Waals surface area (Å²) in [5.74, 6) is 2.34. The first-order valence-corrected chi connectivity index (χ1v) is 11.5. The molecule has 1 aliphatic carbocycles. The molecule has 120 valence electrons. The van der Waals surface area contributed by atoms with Gasteiger partial charge in [0.2, 0.25) is 0 Å². The zero-order chi connectivity index (χ0) is 15.2. The monoisotopic (exact) mass is 298 g/mol. The molecule has 0 spiro atoms. The van der Waals surface area contributed by atoms with E-state index >= 15 is 0 Å². The Kier molecular flexibility index (Phi) is 7.82. The van der Waals surface area contributed by atoms with E-state index in [1.165, 1.54) is 50.2 Å². The second kappa shape index (κ2) is 8.58. The summed E-state index contributed by atoms with van der Waals surface area (Å²) in [6.07, 6.45) is 7.44. The normalized spacial score (nSPS) is 18.4. The van der Waals surface area contributed by atoms with E-state index in [-0.39, 0.29) is 0 Å². The topological polar surface area (TPSA) is 9.23 Å². The summed E-state index contributed by atoms with van der Waals surface area (Å²) < 4.78 is 6.95. The van der Waals surface area contributed by atoms with Crippen molar-refractivity contribution in [3.05, 3.63) is 0 Å². The van der Waals surface area contributed by atoms with Crippen molar-refractivity contribution in [2.45, 2.75) is 97.9 Å². The van der Waals surface area contributed by atoms with Gasteiger partial charge in [0.25, 0.3) is 0 Å². The third-order valence-electron chi connectivity index (χ3n) is 4.31. The van der Waals surface area contributed by atoms with Crippen LogP contribution in [0.25, 0.3) is 0 Å². The van der Waals surface area contributed by atoms with Crippen LogP contribution in [-0.2, 0) is 4.43 Å². The Bertz CT molecular complexity index is 228. The van der Waals surface area contributed by atoms with E-state index < -0.39 is 8.32 Å². The van der Waals surface area contributed by atoms with E-state index in [4.69, 9.17) is 4.43 Å². The second-order valence-electron chi connectivity index (χ2n) is 8.35. The van der Waals surface area contributed by atoms with E-state index in [0.717, 1.165) is 17.8 Å². The number of hydrogen-bond acceptors (Lipinski definition) is 1. The highest BCUT2D eigenvalue weighted by molar-refractivity contribution is 6.74. The third-order valence-corrected chi connectivity index (χ3v) is 9.82. The molecule has 1 rings (SSSR count). The molecule has 0 N–H and O–H groups in total. The van der Waals surface area contributed by atoms with E-state index in [1.54, 1.807) is 0 Å². The molecular formula is C18H38OSi. The Labute approximate surface area is 129 Å². The summed E-state index contributed by atoms with van der Waals surface area (Å²) in [6.45, 7) is 14.3. The largest absolute Gasteiger partial charge is 0.414 e. The SMILES string of the molecule is CC(C)C[Si](CC(C)C)(CC(C)C)OC1CCCCC1. The molecule has 0 aromatic carbocycles. The quantitative estimate of drug-likeness (QED) is 0.481. The van der Waals surface area contributed by atoms with Gasteiger partial charge >= 0.3 is 0 Å². The summed E-state index contributed by atoms with van der Waals surface area (Å²) in [6, 6.07) is 4.08. The summed E-state index contributed by atoms with van der Waals surface area (Å²) in [5.41, 5.74) is 0. The maximum Gasteiger partial charge on any atom is 0.193 e. The van der Waals surface area contributed by atoms with Crippen molar-refractivity contribution >= 4 is 8.32 Å². The van der Waals surface area contributed by atoms with E-state index in [9.17, 15) is 0 Å². The Balaban J connectivity index is 2.80. The van der Waals surface area contributed by atoms with Crippen LogP contribution in [0.1, 0.15) is 73.6 Å². The Morgan fingerprint density at radius 3 is 1.50 bits per heavy atom. The Morgan fingerprint density at radius 1 is 0.750 bits per heavy atom. The molecule has 0 amide bonds. The fourth-order valence-electron chi connectivity index (χ4n) is 4.16. The molecule has 0 saturated heterocycles. The van der Waals surface area contributed by atoms with Gasteiger partial charge in [0.15, 0.2) is 8.32 Å². The highest BCUT2D eigenvalue weighted by Gasteiger charge is 2.39. The van der Waals surface area contributed by atoms with Crippen LogP contribution in [0, 0.1) is 17.8 Å². The van der Waals surface area contributed by atoms with Gasteiger partial charge in [-0.3, -0.25) is 0 Å². The predicted molar refractivity (Wildman–Crippen MR) is 92.6 cm³/mol. The lowest BCUT2D eigenvalue weighted by Gasteiger charge is -2.40. The molecule has 1 aliphatic rings. The molecule has 0 aromatic heterocycles. The van der Waals surface area contributed by atoms with Crippen molar-refractivity contribution in [2.75, 3.05) is 0 Å². The van der Waals surface area contributed by atoms with Gasteiger partial charge in [0.1, 0.15) is 0 Å². The molecule has 0 bridgehead atoms. The van der Waals surface area contributed by atoms with E-state index in [2.05, 4.69) is 41.5 Å². The standard InChI is InChI=1S/C18H38OSi/c1-15(2)12-20(13-16(3)4,14-17(5)6)19-18-10-8-7-9-11-18/h15-18H,7-14H2,1-6H3. The maximum atomic E-state index is 6.95. The van der Waals surface area contributed by atoms with Crippen molar-refractivity contribution in [2.24, 2.45) is 17.8 Å². The van der Waals surface area contributed by atoms with Gasteiger partial charge in [-0.2, -0.15) is 0 Å². The first kappa shape index (κ1) is 18.2. The molecule has 20 heavy (non-hydrogen) atoms. The number of rotatable bonds is 8. The Hall–Kier alpha value is 0.177. The molecular weight excluding hydrogens is 260 g/mol. The molecule has 2 heteroatoms.